The van der Waals surface area contributed by atoms with Gasteiger partial charge in [-0.1, -0.05) is 19.0 Å². The summed E-state index contributed by atoms with van der Waals surface area (Å²) in [6, 6.07) is 2.04. The van der Waals surface area contributed by atoms with Crippen LogP contribution in [-0.4, -0.2) is 62.5 Å². The van der Waals surface area contributed by atoms with Crippen LogP contribution in [0.25, 0.3) is 0 Å². The van der Waals surface area contributed by atoms with Gasteiger partial charge in [-0.15, -0.1) is 24.0 Å². The second-order valence-corrected chi connectivity index (χ2v) is 6.29. The van der Waals surface area contributed by atoms with E-state index in [1.54, 1.807) is 7.05 Å². The van der Waals surface area contributed by atoms with Crippen LogP contribution in [0.5, 0.6) is 0 Å². The summed E-state index contributed by atoms with van der Waals surface area (Å²) >= 11 is 0. The average molecular weight is 465 g/mol. The van der Waals surface area contributed by atoms with Crippen LogP contribution in [-0.2, 0) is 11.3 Å². The van der Waals surface area contributed by atoms with Crippen molar-refractivity contribution in [2.75, 3.05) is 40.3 Å². The molecule has 8 heteroatoms. The molecule has 0 spiro atoms. The lowest BCUT2D eigenvalue weighted by Crippen LogP contribution is -2.48. The van der Waals surface area contributed by atoms with E-state index in [1.165, 1.54) is 0 Å². The molecule has 0 saturated carbocycles. The molecule has 0 radical (unpaired) electrons. The Morgan fingerprint density at radius 3 is 2.80 bits per heavy atom. The molecule has 1 atom stereocenters. The Morgan fingerprint density at radius 2 is 2.16 bits per heavy atom. The zero-order chi connectivity index (χ0) is 17.4. The van der Waals surface area contributed by atoms with E-state index >= 15 is 0 Å². The SMILES string of the molecule is CCC(CC)c1cc(CNC(=NC)NCC2CN(C)CCO2)on1.I. The van der Waals surface area contributed by atoms with Crippen LogP contribution < -0.4 is 10.6 Å². The number of aromatic nitrogens is 1. The number of halogens is 1. The Morgan fingerprint density at radius 1 is 1.40 bits per heavy atom. The fraction of sp³-hybridized carbons (Fsp3) is 0.765. The van der Waals surface area contributed by atoms with Crippen LogP contribution in [0.4, 0.5) is 0 Å². The lowest BCUT2D eigenvalue weighted by molar-refractivity contribution is -0.0161. The molecule has 1 aliphatic heterocycles. The Hall–Kier alpha value is -0.870. The molecule has 1 saturated heterocycles. The first-order valence-corrected chi connectivity index (χ1v) is 8.86. The Balaban J connectivity index is 0.00000312. The van der Waals surface area contributed by atoms with E-state index in [1.807, 2.05) is 6.07 Å². The number of nitrogens with zero attached hydrogens (tertiary/aromatic N) is 3. The molecule has 1 fully saturated rings. The summed E-state index contributed by atoms with van der Waals surface area (Å²) in [5.74, 6) is 2.04. The molecule has 1 aromatic heterocycles. The highest BCUT2D eigenvalue weighted by molar-refractivity contribution is 14.0. The standard InChI is InChI=1S/C17H31N5O2.HI/c1-5-13(6-2)16-9-14(24-21-16)10-19-17(18-3)20-11-15-12-22(4)7-8-23-15;/h9,13,15H,5-8,10-12H2,1-4H3,(H2,18,19,20);1H. The van der Waals surface area contributed by atoms with Gasteiger partial charge in [0.2, 0.25) is 0 Å². The molecule has 2 heterocycles. The Labute approximate surface area is 168 Å². The third-order valence-corrected chi connectivity index (χ3v) is 4.47. The summed E-state index contributed by atoms with van der Waals surface area (Å²) in [7, 11) is 3.88. The monoisotopic (exact) mass is 465 g/mol. The van der Waals surface area contributed by atoms with Gasteiger partial charge in [0.15, 0.2) is 11.7 Å². The van der Waals surface area contributed by atoms with Crippen molar-refractivity contribution in [3.05, 3.63) is 17.5 Å². The first-order chi connectivity index (χ1) is 11.7. The minimum absolute atomic E-state index is 0. The summed E-state index contributed by atoms with van der Waals surface area (Å²) in [6.45, 7) is 8.37. The van der Waals surface area contributed by atoms with Crippen LogP contribution in [0.3, 0.4) is 0 Å². The topological polar surface area (TPSA) is 74.9 Å². The maximum absolute atomic E-state index is 5.74. The molecular formula is C17H32IN5O2. The van der Waals surface area contributed by atoms with E-state index in [0.717, 1.165) is 56.5 Å². The number of hydrogen-bond acceptors (Lipinski definition) is 5. The van der Waals surface area contributed by atoms with Crippen molar-refractivity contribution in [2.24, 2.45) is 4.99 Å². The molecule has 0 aliphatic carbocycles. The van der Waals surface area contributed by atoms with Gasteiger partial charge >= 0.3 is 0 Å². The number of likely N-dealkylation sites (N-methyl/N-ethyl adjacent to an activating group) is 1. The fourth-order valence-corrected chi connectivity index (χ4v) is 2.90. The van der Waals surface area contributed by atoms with Gasteiger partial charge in [0.05, 0.1) is 24.9 Å². The van der Waals surface area contributed by atoms with Gasteiger partial charge in [-0.05, 0) is 19.9 Å². The number of ether oxygens (including phenoxy) is 1. The third-order valence-electron chi connectivity index (χ3n) is 4.47. The van der Waals surface area contributed by atoms with Crippen molar-refractivity contribution < 1.29 is 9.26 Å². The van der Waals surface area contributed by atoms with Crippen molar-refractivity contribution in [2.45, 2.75) is 45.3 Å². The molecule has 0 amide bonds. The fourth-order valence-electron chi connectivity index (χ4n) is 2.90. The molecular weight excluding hydrogens is 433 g/mol. The molecule has 1 aliphatic rings. The molecule has 0 bridgehead atoms. The van der Waals surface area contributed by atoms with Crippen LogP contribution >= 0.6 is 24.0 Å². The van der Waals surface area contributed by atoms with Crippen molar-refractivity contribution >= 4 is 29.9 Å². The Kier molecular flexibility index (Phi) is 10.4. The van der Waals surface area contributed by atoms with E-state index in [-0.39, 0.29) is 30.1 Å². The highest BCUT2D eigenvalue weighted by Crippen LogP contribution is 2.22. The van der Waals surface area contributed by atoms with Gasteiger partial charge in [0.25, 0.3) is 0 Å². The van der Waals surface area contributed by atoms with Crippen molar-refractivity contribution in [3.8, 4) is 0 Å². The second-order valence-electron chi connectivity index (χ2n) is 6.29. The van der Waals surface area contributed by atoms with Crippen LogP contribution in [0, 0.1) is 0 Å². The molecule has 1 aromatic rings. The zero-order valence-electron chi connectivity index (χ0n) is 15.7. The maximum atomic E-state index is 5.74. The van der Waals surface area contributed by atoms with Crippen LogP contribution in [0.2, 0.25) is 0 Å². The highest BCUT2D eigenvalue weighted by Gasteiger charge is 2.18. The van der Waals surface area contributed by atoms with E-state index < -0.39 is 0 Å². The molecule has 2 N–H and O–H groups in total. The summed E-state index contributed by atoms with van der Waals surface area (Å²) in [4.78, 5) is 6.52. The first kappa shape index (κ1) is 22.2. The molecule has 7 nitrogen and oxygen atoms in total. The second kappa shape index (κ2) is 11.7. The quantitative estimate of drug-likeness (QED) is 0.366. The van der Waals surface area contributed by atoms with Crippen molar-refractivity contribution in [3.63, 3.8) is 0 Å². The zero-order valence-corrected chi connectivity index (χ0v) is 18.1. The predicted molar refractivity (Wildman–Crippen MR) is 111 cm³/mol. The Bertz CT molecular complexity index is 519. The third kappa shape index (κ3) is 7.10. The van der Waals surface area contributed by atoms with Crippen LogP contribution in [0.15, 0.2) is 15.6 Å². The van der Waals surface area contributed by atoms with E-state index in [4.69, 9.17) is 9.26 Å². The minimum atomic E-state index is 0. The van der Waals surface area contributed by atoms with Gasteiger partial charge in [-0.2, -0.15) is 0 Å². The van der Waals surface area contributed by atoms with Crippen molar-refractivity contribution in [1.29, 1.82) is 0 Å². The van der Waals surface area contributed by atoms with Gasteiger partial charge in [-0.25, -0.2) is 0 Å². The summed E-state index contributed by atoms with van der Waals surface area (Å²) in [5, 5.41) is 10.8. The van der Waals surface area contributed by atoms with Gasteiger partial charge in [0, 0.05) is 38.7 Å². The van der Waals surface area contributed by atoms with Crippen LogP contribution in [0.1, 0.15) is 44.1 Å². The van der Waals surface area contributed by atoms with E-state index in [2.05, 4.69) is 46.6 Å². The summed E-state index contributed by atoms with van der Waals surface area (Å²) in [6.07, 6.45) is 2.35. The minimum Gasteiger partial charge on any atom is -0.374 e. The maximum Gasteiger partial charge on any atom is 0.191 e. The molecule has 144 valence electrons. The van der Waals surface area contributed by atoms with Gasteiger partial charge < -0.3 is 24.8 Å². The summed E-state index contributed by atoms with van der Waals surface area (Å²) < 4.78 is 11.2. The van der Waals surface area contributed by atoms with Gasteiger partial charge in [0.1, 0.15) is 0 Å². The number of hydrogen-bond donors (Lipinski definition) is 2. The van der Waals surface area contributed by atoms with Crippen molar-refractivity contribution in [1.82, 2.24) is 20.7 Å². The molecule has 0 aromatic carbocycles. The molecule has 25 heavy (non-hydrogen) atoms. The van der Waals surface area contributed by atoms with E-state index in [9.17, 15) is 0 Å². The largest absolute Gasteiger partial charge is 0.374 e. The highest BCUT2D eigenvalue weighted by atomic mass is 127. The lowest BCUT2D eigenvalue weighted by atomic mass is 9.99. The van der Waals surface area contributed by atoms with E-state index in [0.29, 0.717) is 12.5 Å². The predicted octanol–water partition coefficient (Wildman–Crippen LogP) is 2.19. The summed E-state index contributed by atoms with van der Waals surface area (Å²) in [5.41, 5.74) is 1.04. The average Bonchev–Trinajstić information content (AvgIpc) is 3.05. The van der Waals surface area contributed by atoms with Gasteiger partial charge in [-0.3, -0.25) is 4.99 Å². The molecule has 1 unspecified atom stereocenters. The number of guanidine groups is 1. The first-order valence-electron chi connectivity index (χ1n) is 8.86. The number of rotatable bonds is 7. The number of aliphatic imine (C=N–C) groups is 1. The normalized spacial score (nSPS) is 18.9. The lowest BCUT2D eigenvalue weighted by Gasteiger charge is -2.30. The molecule has 2 rings (SSSR count). The number of morpholine rings is 1. The number of nitrogens with one attached hydrogen (secondary N) is 2. The smallest absolute Gasteiger partial charge is 0.191 e.